The van der Waals surface area contributed by atoms with E-state index in [1.54, 1.807) is 0 Å². The summed E-state index contributed by atoms with van der Waals surface area (Å²) in [6.45, 7) is 7.33. The number of rotatable bonds is 3. The van der Waals surface area contributed by atoms with Gasteiger partial charge in [-0.2, -0.15) is 12.6 Å². The van der Waals surface area contributed by atoms with Gasteiger partial charge in [0.15, 0.2) is 0 Å². The van der Waals surface area contributed by atoms with E-state index in [1.165, 1.54) is 0 Å². The Morgan fingerprint density at radius 1 is 1.42 bits per heavy atom. The largest absolute Gasteiger partial charge is 0.299 e. The van der Waals surface area contributed by atoms with E-state index in [1.807, 2.05) is 27.7 Å². The zero-order valence-corrected chi connectivity index (χ0v) is 8.90. The topological polar surface area (TPSA) is 33.6 Å². The van der Waals surface area contributed by atoms with E-state index in [-0.39, 0.29) is 0 Å². The van der Waals surface area contributed by atoms with E-state index in [0.29, 0.717) is 5.88 Å². The first-order valence-electron chi connectivity index (χ1n) is 3.53. The Kier molecular flexibility index (Phi) is 15.0. The number of nitrogens with one attached hydrogen (secondary N) is 1. The van der Waals surface area contributed by atoms with Crippen LogP contribution in [0.3, 0.4) is 0 Å². The maximum atomic E-state index is 4.51. The summed E-state index contributed by atoms with van der Waals surface area (Å²) in [6, 6.07) is 0. The third kappa shape index (κ3) is 22.8. The van der Waals surface area contributed by atoms with Gasteiger partial charge in [-0.15, -0.1) is 17.3 Å². The molecule has 1 N–H and O–H groups in total. The van der Waals surface area contributed by atoms with Crippen LogP contribution in [0.15, 0.2) is 5.16 Å². The van der Waals surface area contributed by atoms with E-state index >= 15 is 0 Å². The maximum Gasteiger partial charge on any atom is 0.0767 e. The summed E-state index contributed by atoms with van der Waals surface area (Å²) >= 11 is 3.82. The highest BCUT2D eigenvalue weighted by Gasteiger charge is 1.76. The lowest BCUT2D eigenvalue weighted by molar-refractivity contribution is 0.0601. The van der Waals surface area contributed by atoms with E-state index < -0.39 is 0 Å². The van der Waals surface area contributed by atoms with Gasteiger partial charge in [0.25, 0.3) is 0 Å². The smallest absolute Gasteiger partial charge is 0.0767 e. The minimum absolute atomic E-state index is 0.469. The van der Waals surface area contributed by atoms with Gasteiger partial charge < -0.3 is 0 Å². The third-order valence-corrected chi connectivity index (χ3v) is 0.736. The average Bonchev–Trinajstić information content (AvgIpc) is 2.05. The molecule has 0 spiro atoms. The fraction of sp³-hybridized carbons (Fsp3) is 0.625. The molecule has 0 aromatic heterocycles. The van der Waals surface area contributed by atoms with Gasteiger partial charge in [-0.3, -0.25) is 4.94 Å². The van der Waals surface area contributed by atoms with Crippen LogP contribution in [-0.2, 0) is 4.94 Å². The van der Waals surface area contributed by atoms with Crippen LogP contribution in [0.2, 0.25) is 0 Å². The number of thiol groups is 1. The molecule has 4 heteroatoms. The number of hydroxylamine groups is 1. The van der Waals surface area contributed by atoms with Crippen molar-refractivity contribution in [3.8, 4) is 11.8 Å². The molecule has 0 amide bonds. The number of oxime groups is 1. The summed E-state index contributed by atoms with van der Waals surface area (Å²) in [6.07, 6.45) is 0. The Bertz CT molecular complexity index is 160. The first-order valence-corrected chi connectivity index (χ1v) is 4.16. The summed E-state index contributed by atoms with van der Waals surface area (Å²) in [5.41, 5.74) is 3.33. The molecule has 12 heavy (non-hydrogen) atoms. The predicted molar refractivity (Wildman–Crippen MR) is 56.0 cm³/mol. The molecule has 0 fully saturated rings. The number of nitrogens with zero attached hydrogens (tertiary/aromatic N) is 1. The SMILES string of the molecule is CC#CC.CC(C)=NONCS. The highest BCUT2D eigenvalue weighted by atomic mass is 32.1. The van der Waals surface area contributed by atoms with Gasteiger partial charge in [-0.25, -0.2) is 0 Å². The Labute approximate surface area is 79.9 Å². The van der Waals surface area contributed by atoms with Crippen LogP contribution >= 0.6 is 12.6 Å². The minimum atomic E-state index is 0.469. The molecule has 0 rings (SSSR count). The lowest BCUT2D eigenvalue weighted by Crippen LogP contribution is -2.08. The van der Waals surface area contributed by atoms with Crippen molar-refractivity contribution < 1.29 is 4.94 Å². The summed E-state index contributed by atoms with van der Waals surface area (Å²) in [5, 5.41) is 3.57. The molecule has 0 aliphatic heterocycles. The second kappa shape index (κ2) is 13.0. The van der Waals surface area contributed by atoms with Gasteiger partial charge in [0.1, 0.15) is 0 Å². The molecule has 0 radical (unpaired) electrons. The van der Waals surface area contributed by atoms with Gasteiger partial charge in [0.2, 0.25) is 0 Å². The van der Waals surface area contributed by atoms with Crippen molar-refractivity contribution in [1.82, 2.24) is 5.48 Å². The van der Waals surface area contributed by atoms with Crippen LogP contribution in [-0.4, -0.2) is 11.6 Å². The molecule has 3 nitrogen and oxygen atoms in total. The lowest BCUT2D eigenvalue weighted by atomic mass is 10.5. The molecular formula is C8H16N2OS. The molecule has 0 saturated heterocycles. The Morgan fingerprint density at radius 2 is 1.92 bits per heavy atom. The molecule has 0 saturated carbocycles. The lowest BCUT2D eigenvalue weighted by Gasteiger charge is -1.94. The third-order valence-electron chi connectivity index (χ3n) is 0.607. The zero-order valence-electron chi connectivity index (χ0n) is 8.01. The molecule has 0 heterocycles. The van der Waals surface area contributed by atoms with Crippen LogP contribution in [0, 0.1) is 11.8 Å². The van der Waals surface area contributed by atoms with E-state index in [4.69, 9.17) is 0 Å². The first kappa shape index (κ1) is 13.9. The van der Waals surface area contributed by atoms with E-state index in [9.17, 15) is 0 Å². The zero-order chi connectivity index (χ0) is 9.82. The van der Waals surface area contributed by atoms with Crippen LogP contribution in [0.1, 0.15) is 27.7 Å². The monoisotopic (exact) mass is 188 g/mol. The molecule has 0 bridgehead atoms. The van der Waals surface area contributed by atoms with Gasteiger partial charge >= 0.3 is 0 Å². The molecule has 0 aromatic carbocycles. The van der Waals surface area contributed by atoms with Crippen molar-refractivity contribution in [1.29, 1.82) is 0 Å². The minimum Gasteiger partial charge on any atom is -0.299 e. The Morgan fingerprint density at radius 3 is 2.17 bits per heavy atom. The highest BCUT2D eigenvalue weighted by Crippen LogP contribution is 1.74. The van der Waals surface area contributed by atoms with Gasteiger partial charge in [0, 0.05) is 0 Å². The molecule has 0 aliphatic rings. The average molecular weight is 188 g/mol. The number of hydrogen-bond acceptors (Lipinski definition) is 4. The second-order valence-electron chi connectivity index (χ2n) is 1.93. The highest BCUT2D eigenvalue weighted by molar-refractivity contribution is 7.80. The molecule has 0 unspecified atom stereocenters. The molecule has 0 aromatic rings. The fourth-order valence-electron chi connectivity index (χ4n) is 0.152. The van der Waals surface area contributed by atoms with Gasteiger partial charge in [0.05, 0.1) is 11.6 Å². The van der Waals surface area contributed by atoms with Crippen LogP contribution in [0.25, 0.3) is 0 Å². The predicted octanol–water partition coefficient (Wildman–Crippen LogP) is 1.82. The van der Waals surface area contributed by atoms with Crippen molar-refractivity contribution in [2.45, 2.75) is 27.7 Å². The summed E-state index contributed by atoms with van der Waals surface area (Å²) in [5.74, 6) is 5.83. The van der Waals surface area contributed by atoms with Crippen molar-refractivity contribution in [2.24, 2.45) is 5.16 Å². The van der Waals surface area contributed by atoms with E-state index in [0.717, 1.165) is 5.71 Å². The Hall–Kier alpha value is -0.660. The fourth-order valence-corrected chi connectivity index (χ4v) is 0.210. The van der Waals surface area contributed by atoms with E-state index in [2.05, 4.69) is 40.0 Å². The van der Waals surface area contributed by atoms with Gasteiger partial charge in [-0.05, 0) is 27.7 Å². The van der Waals surface area contributed by atoms with Crippen LogP contribution < -0.4 is 5.48 Å². The van der Waals surface area contributed by atoms with Gasteiger partial charge in [-0.1, -0.05) is 5.16 Å². The molecular weight excluding hydrogens is 172 g/mol. The summed E-state index contributed by atoms with van der Waals surface area (Å²) < 4.78 is 0. The quantitative estimate of drug-likeness (QED) is 0.177. The van der Waals surface area contributed by atoms with Crippen LogP contribution in [0.4, 0.5) is 0 Å². The van der Waals surface area contributed by atoms with Crippen LogP contribution in [0.5, 0.6) is 0 Å². The summed E-state index contributed by atoms with van der Waals surface area (Å²) in [4.78, 5) is 4.51. The molecule has 0 aliphatic carbocycles. The Balaban J connectivity index is 0. The van der Waals surface area contributed by atoms with Crippen molar-refractivity contribution >= 4 is 18.3 Å². The molecule has 70 valence electrons. The van der Waals surface area contributed by atoms with Crippen molar-refractivity contribution in [2.75, 3.05) is 5.88 Å². The molecule has 0 atom stereocenters. The standard InChI is InChI=1S/C4H10N2OS.C4H6/c1-4(2)6-7-5-3-8;1-3-4-2/h5,8H,3H2,1-2H3;1-2H3. The van der Waals surface area contributed by atoms with Crippen molar-refractivity contribution in [3.63, 3.8) is 0 Å². The van der Waals surface area contributed by atoms with Crippen molar-refractivity contribution in [3.05, 3.63) is 0 Å². The first-order chi connectivity index (χ1) is 5.68. The maximum absolute atomic E-state index is 4.51. The second-order valence-corrected chi connectivity index (χ2v) is 2.25. The summed E-state index contributed by atoms with van der Waals surface area (Å²) in [7, 11) is 0. The number of hydrogen-bond donors (Lipinski definition) is 2. The normalized spacial score (nSPS) is 6.75.